The number of alkyl halides is 3. The first-order valence-electron chi connectivity index (χ1n) is 5.82. The quantitative estimate of drug-likeness (QED) is 0.851. The second kappa shape index (κ2) is 4.77. The predicted octanol–water partition coefficient (Wildman–Crippen LogP) is 2.86. The van der Waals surface area contributed by atoms with E-state index in [1.54, 1.807) is 12.1 Å². The Morgan fingerprint density at radius 2 is 1.65 bits per heavy atom. The first-order chi connectivity index (χ1) is 9.17. The van der Waals surface area contributed by atoms with Crippen molar-refractivity contribution in [2.45, 2.75) is 32.5 Å². The van der Waals surface area contributed by atoms with E-state index in [9.17, 15) is 13.2 Å². The molecule has 0 aliphatic carbocycles. The Labute approximate surface area is 113 Å². The van der Waals surface area contributed by atoms with Crippen LogP contribution in [0.25, 0.3) is 5.69 Å². The Morgan fingerprint density at radius 1 is 1.05 bits per heavy atom. The van der Waals surface area contributed by atoms with E-state index in [0.717, 1.165) is 0 Å². The van der Waals surface area contributed by atoms with Crippen molar-refractivity contribution >= 4 is 0 Å². The summed E-state index contributed by atoms with van der Waals surface area (Å²) in [5, 5.41) is 9.40. The molecular weight excluding hydrogens is 273 g/mol. The fourth-order valence-corrected chi connectivity index (χ4v) is 1.55. The number of hydrogen-bond acceptors (Lipinski definition) is 4. The minimum atomic E-state index is -4.61. The molecule has 20 heavy (non-hydrogen) atoms. The molecule has 0 spiro atoms. The molecule has 2 aromatic rings. The van der Waals surface area contributed by atoms with E-state index in [1.807, 2.05) is 20.8 Å². The summed E-state index contributed by atoms with van der Waals surface area (Å²) >= 11 is 0. The highest BCUT2D eigenvalue weighted by molar-refractivity contribution is 5.37. The highest BCUT2D eigenvalue weighted by Crippen LogP contribution is 2.28. The van der Waals surface area contributed by atoms with Gasteiger partial charge in [-0.3, -0.25) is 0 Å². The van der Waals surface area contributed by atoms with Gasteiger partial charge in [-0.05, 0) is 55.5 Å². The van der Waals surface area contributed by atoms with Gasteiger partial charge in [0.15, 0.2) is 0 Å². The summed E-state index contributed by atoms with van der Waals surface area (Å²) in [6.45, 7) is 5.64. The molecule has 2 rings (SSSR count). The Balaban J connectivity index is 2.30. The maximum Gasteiger partial charge on any atom is 0.453 e. The van der Waals surface area contributed by atoms with Gasteiger partial charge in [0, 0.05) is 0 Å². The van der Waals surface area contributed by atoms with Crippen LogP contribution < -0.4 is 4.74 Å². The fourth-order valence-electron chi connectivity index (χ4n) is 1.55. The van der Waals surface area contributed by atoms with Crippen molar-refractivity contribution in [2.24, 2.45) is 0 Å². The Morgan fingerprint density at radius 3 is 2.15 bits per heavy atom. The van der Waals surface area contributed by atoms with Crippen LogP contribution in [0, 0.1) is 0 Å². The monoisotopic (exact) mass is 286 g/mol. The van der Waals surface area contributed by atoms with Gasteiger partial charge in [0.1, 0.15) is 11.4 Å². The molecule has 0 N–H and O–H groups in total. The highest BCUT2D eigenvalue weighted by Gasteiger charge is 2.38. The van der Waals surface area contributed by atoms with Gasteiger partial charge in [0.2, 0.25) is 0 Å². The van der Waals surface area contributed by atoms with E-state index < -0.39 is 12.0 Å². The number of nitrogens with zero attached hydrogens (tertiary/aromatic N) is 4. The molecule has 1 aromatic carbocycles. The van der Waals surface area contributed by atoms with E-state index in [-0.39, 0.29) is 11.3 Å². The maximum atomic E-state index is 12.7. The maximum absolute atomic E-state index is 12.7. The van der Waals surface area contributed by atoms with Gasteiger partial charge in [0.05, 0.1) is 5.69 Å². The molecule has 0 unspecified atom stereocenters. The van der Waals surface area contributed by atoms with Crippen LogP contribution in [0.3, 0.4) is 0 Å². The number of rotatable bonds is 2. The number of benzene rings is 1. The average molecular weight is 286 g/mol. The molecule has 0 saturated carbocycles. The summed E-state index contributed by atoms with van der Waals surface area (Å²) in [4.78, 5) is 0. The molecule has 0 saturated heterocycles. The zero-order valence-electron chi connectivity index (χ0n) is 11.1. The first kappa shape index (κ1) is 14.3. The van der Waals surface area contributed by atoms with Gasteiger partial charge < -0.3 is 4.74 Å². The number of aromatic nitrogens is 4. The van der Waals surface area contributed by atoms with Gasteiger partial charge in [-0.15, -0.1) is 5.10 Å². The molecular formula is C12H13F3N4O. The molecule has 108 valence electrons. The second-order valence-electron chi connectivity index (χ2n) is 5.12. The largest absolute Gasteiger partial charge is 0.488 e. The van der Waals surface area contributed by atoms with E-state index in [1.165, 1.54) is 12.1 Å². The van der Waals surface area contributed by atoms with Gasteiger partial charge >= 0.3 is 6.18 Å². The zero-order chi connectivity index (χ0) is 15.0. The van der Waals surface area contributed by atoms with Crippen molar-refractivity contribution in [1.29, 1.82) is 0 Å². The highest BCUT2D eigenvalue weighted by atomic mass is 19.4. The Hall–Kier alpha value is -2.12. The van der Waals surface area contributed by atoms with Crippen molar-refractivity contribution < 1.29 is 17.9 Å². The van der Waals surface area contributed by atoms with Crippen LogP contribution in [0.2, 0.25) is 0 Å². The number of halogens is 3. The number of ether oxygens (including phenoxy) is 1. The molecule has 5 nitrogen and oxygen atoms in total. The van der Waals surface area contributed by atoms with E-state index in [0.29, 0.717) is 10.4 Å². The van der Waals surface area contributed by atoms with E-state index in [4.69, 9.17) is 4.74 Å². The summed E-state index contributed by atoms with van der Waals surface area (Å²) < 4.78 is 44.3. The average Bonchev–Trinajstić information content (AvgIpc) is 2.76. The van der Waals surface area contributed by atoms with Crippen molar-refractivity contribution in [1.82, 2.24) is 20.2 Å². The van der Waals surface area contributed by atoms with Gasteiger partial charge in [-0.1, -0.05) is 0 Å². The molecule has 0 radical (unpaired) electrons. The molecule has 1 aromatic heterocycles. The molecule has 0 aliphatic heterocycles. The summed E-state index contributed by atoms with van der Waals surface area (Å²) in [6, 6.07) is 6.07. The van der Waals surface area contributed by atoms with Crippen LogP contribution in [0.15, 0.2) is 24.3 Å². The van der Waals surface area contributed by atoms with Crippen LogP contribution >= 0.6 is 0 Å². The lowest BCUT2D eigenvalue weighted by Gasteiger charge is -2.21. The van der Waals surface area contributed by atoms with E-state index in [2.05, 4.69) is 15.5 Å². The minimum absolute atomic E-state index is 0.212. The van der Waals surface area contributed by atoms with Crippen LogP contribution in [-0.4, -0.2) is 25.8 Å². The molecule has 0 fully saturated rings. The minimum Gasteiger partial charge on any atom is -0.488 e. The van der Waals surface area contributed by atoms with Gasteiger partial charge in [0.25, 0.3) is 5.82 Å². The lowest BCUT2D eigenvalue weighted by atomic mass is 10.2. The lowest BCUT2D eigenvalue weighted by Crippen LogP contribution is -2.22. The van der Waals surface area contributed by atoms with Crippen molar-refractivity contribution in [2.75, 3.05) is 0 Å². The van der Waals surface area contributed by atoms with Crippen molar-refractivity contribution in [3.05, 3.63) is 30.1 Å². The molecule has 1 heterocycles. The number of hydrogen-bond donors (Lipinski definition) is 0. The normalized spacial score (nSPS) is 12.5. The summed E-state index contributed by atoms with van der Waals surface area (Å²) in [5.41, 5.74) is -0.170. The third kappa shape index (κ3) is 3.25. The van der Waals surface area contributed by atoms with E-state index >= 15 is 0 Å². The third-order valence-corrected chi connectivity index (χ3v) is 2.23. The second-order valence-corrected chi connectivity index (χ2v) is 5.12. The lowest BCUT2D eigenvalue weighted by molar-refractivity contribution is -0.146. The van der Waals surface area contributed by atoms with Crippen molar-refractivity contribution in [3.63, 3.8) is 0 Å². The molecule has 0 bridgehead atoms. The van der Waals surface area contributed by atoms with Gasteiger partial charge in [-0.2, -0.15) is 17.9 Å². The first-order valence-corrected chi connectivity index (χ1v) is 5.82. The SMILES string of the molecule is CC(C)(C)Oc1ccc(-n2nnnc2C(F)(F)F)cc1. The van der Waals surface area contributed by atoms with Crippen LogP contribution in [0.1, 0.15) is 26.6 Å². The third-order valence-electron chi connectivity index (χ3n) is 2.23. The van der Waals surface area contributed by atoms with Crippen molar-refractivity contribution in [3.8, 4) is 11.4 Å². The fraction of sp³-hybridized carbons (Fsp3) is 0.417. The number of tetrazole rings is 1. The Bertz CT molecular complexity index is 584. The molecule has 0 amide bonds. The topological polar surface area (TPSA) is 52.8 Å². The summed E-state index contributed by atoms with van der Waals surface area (Å²) in [5.74, 6) is -0.607. The standard InChI is InChI=1S/C12H13F3N4O/c1-11(2,3)20-9-6-4-8(5-7-9)19-10(12(13,14)15)16-17-18-19/h4-7H,1-3H3. The van der Waals surface area contributed by atoms with Gasteiger partial charge in [-0.25, -0.2) is 0 Å². The molecule has 0 atom stereocenters. The Kier molecular flexibility index (Phi) is 3.41. The molecule has 8 heteroatoms. The van der Waals surface area contributed by atoms with Crippen LogP contribution in [-0.2, 0) is 6.18 Å². The predicted molar refractivity (Wildman–Crippen MR) is 64.5 cm³/mol. The summed E-state index contributed by atoms with van der Waals surface area (Å²) in [6.07, 6.45) is -4.61. The van der Waals surface area contributed by atoms with Crippen LogP contribution in [0.4, 0.5) is 13.2 Å². The molecule has 0 aliphatic rings. The zero-order valence-corrected chi connectivity index (χ0v) is 11.1. The van der Waals surface area contributed by atoms with Crippen LogP contribution in [0.5, 0.6) is 5.75 Å². The summed E-state index contributed by atoms with van der Waals surface area (Å²) in [7, 11) is 0. The smallest absolute Gasteiger partial charge is 0.453 e.